The van der Waals surface area contributed by atoms with E-state index in [1.54, 1.807) is 0 Å². The van der Waals surface area contributed by atoms with Crippen molar-refractivity contribution < 1.29 is 0 Å². The van der Waals surface area contributed by atoms with Crippen molar-refractivity contribution >= 4 is 37.1 Å². The van der Waals surface area contributed by atoms with Crippen molar-refractivity contribution in [3.63, 3.8) is 0 Å². The van der Waals surface area contributed by atoms with Crippen LogP contribution in [0, 0.1) is 0 Å². The normalized spacial score (nSPS) is 10.7. The van der Waals surface area contributed by atoms with Crippen LogP contribution in [0.15, 0.2) is 60.7 Å². The van der Waals surface area contributed by atoms with Gasteiger partial charge in [0.15, 0.2) is 0 Å². The zero-order chi connectivity index (χ0) is 10.5. The second-order valence-corrected chi connectivity index (χ2v) is 8.04. The van der Waals surface area contributed by atoms with Gasteiger partial charge in [-0.05, 0) is 10.6 Å². The van der Waals surface area contributed by atoms with Crippen LogP contribution in [-0.2, 0) is 11.8 Å². The van der Waals surface area contributed by atoms with Gasteiger partial charge in [-0.2, -0.15) is 0 Å². The standard InChI is InChI=1S/C12H10P2S/c15-13-14(11-7-3-1-4-8-11)12-9-5-2-6-10-12/h1-10H. The van der Waals surface area contributed by atoms with E-state index in [2.05, 4.69) is 48.5 Å². The van der Waals surface area contributed by atoms with E-state index in [0.717, 1.165) is 7.04 Å². The lowest BCUT2D eigenvalue weighted by Crippen LogP contribution is -2.06. The van der Waals surface area contributed by atoms with Crippen LogP contribution in [0.2, 0.25) is 0 Å². The van der Waals surface area contributed by atoms with Gasteiger partial charge in [0, 0.05) is 14.7 Å². The van der Waals surface area contributed by atoms with E-state index in [-0.39, 0.29) is 7.61 Å². The fourth-order valence-corrected chi connectivity index (χ4v) is 5.84. The zero-order valence-electron chi connectivity index (χ0n) is 8.08. The van der Waals surface area contributed by atoms with E-state index in [0.29, 0.717) is 0 Å². The molecule has 0 atom stereocenters. The first kappa shape index (κ1) is 10.9. The first-order valence-corrected chi connectivity index (χ1v) is 8.61. The molecule has 0 unspecified atom stereocenters. The molecule has 2 aromatic carbocycles. The average molecular weight is 248 g/mol. The largest absolute Gasteiger partial charge is 0.0622 e. The Labute approximate surface area is 97.8 Å². The number of benzene rings is 2. The van der Waals surface area contributed by atoms with E-state index >= 15 is 0 Å². The summed E-state index contributed by atoms with van der Waals surface area (Å²) in [4.78, 5) is 0. The minimum absolute atomic E-state index is 0.362. The minimum Gasteiger partial charge on any atom is -0.0622 e. The Kier molecular flexibility index (Phi) is 3.97. The summed E-state index contributed by atoms with van der Waals surface area (Å²) in [5.74, 6) is 0. The molecule has 0 aromatic heterocycles. The molecule has 0 N–H and O–H groups in total. The first-order valence-electron chi connectivity index (χ1n) is 4.65. The van der Waals surface area contributed by atoms with E-state index in [4.69, 9.17) is 11.8 Å². The van der Waals surface area contributed by atoms with Gasteiger partial charge in [-0.25, -0.2) is 0 Å². The smallest absolute Gasteiger partial charge is 0.0211 e. The predicted molar refractivity (Wildman–Crippen MR) is 73.4 cm³/mol. The number of hydrogen-bond acceptors (Lipinski definition) is 1. The fourth-order valence-electron chi connectivity index (χ4n) is 1.38. The van der Waals surface area contributed by atoms with Gasteiger partial charge < -0.3 is 0 Å². The Bertz CT molecular complexity index is 388. The Morgan fingerprint density at radius 2 is 1.13 bits per heavy atom. The van der Waals surface area contributed by atoms with Crippen LogP contribution in [0.25, 0.3) is 0 Å². The summed E-state index contributed by atoms with van der Waals surface area (Å²) in [5, 5.41) is 2.71. The molecule has 0 spiro atoms. The lowest BCUT2D eigenvalue weighted by atomic mass is 10.4. The second-order valence-electron chi connectivity index (χ2n) is 3.06. The number of hydrogen-bond donors (Lipinski definition) is 0. The lowest BCUT2D eigenvalue weighted by Gasteiger charge is -2.11. The Hall–Kier alpha value is -0.610. The molecule has 0 radical (unpaired) electrons. The maximum atomic E-state index is 5.24. The maximum Gasteiger partial charge on any atom is 0.0211 e. The highest BCUT2D eigenvalue weighted by Gasteiger charge is 2.09. The van der Waals surface area contributed by atoms with Gasteiger partial charge in [-0.1, -0.05) is 72.5 Å². The van der Waals surface area contributed by atoms with Gasteiger partial charge in [-0.3, -0.25) is 0 Å². The summed E-state index contributed by atoms with van der Waals surface area (Å²) in [6, 6.07) is 21.1. The minimum atomic E-state index is -0.362. The van der Waals surface area contributed by atoms with Crippen LogP contribution in [0.4, 0.5) is 0 Å². The Morgan fingerprint density at radius 3 is 1.47 bits per heavy atom. The molecule has 0 aliphatic rings. The quantitative estimate of drug-likeness (QED) is 0.750. The molecule has 0 heterocycles. The SMILES string of the molecule is S=PP(c1ccccc1)c1ccccc1. The molecule has 3 heteroatoms. The van der Waals surface area contributed by atoms with Crippen LogP contribution in [-0.4, -0.2) is 0 Å². The van der Waals surface area contributed by atoms with Crippen LogP contribution in [0.5, 0.6) is 0 Å². The zero-order valence-corrected chi connectivity index (χ0v) is 10.7. The van der Waals surface area contributed by atoms with Crippen molar-refractivity contribution in [2.24, 2.45) is 0 Å². The summed E-state index contributed by atoms with van der Waals surface area (Å²) in [7, 11) is 0.676. The molecule has 0 bridgehead atoms. The van der Waals surface area contributed by atoms with Crippen molar-refractivity contribution in [1.82, 2.24) is 0 Å². The summed E-state index contributed by atoms with van der Waals surface area (Å²) in [6.45, 7) is 0. The van der Waals surface area contributed by atoms with Crippen molar-refractivity contribution in [3.8, 4) is 0 Å². The predicted octanol–water partition coefficient (Wildman–Crippen LogP) is 3.44. The monoisotopic (exact) mass is 248 g/mol. The van der Waals surface area contributed by atoms with Crippen LogP contribution >= 0.6 is 14.7 Å². The highest BCUT2D eigenvalue weighted by Crippen LogP contribution is 2.46. The van der Waals surface area contributed by atoms with Crippen molar-refractivity contribution in [3.05, 3.63) is 60.7 Å². The average Bonchev–Trinajstić information content (AvgIpc) is 2.33. The van der Waals surface area contributed by atoms with E-state index in [1.807, 2.05) is 12.1 Å². The summed E-state index contributed by atoms with van der Waals surface area (Å²) < 4.78 is 0. The third kappa shape index (κ3) is 2.69. The maximum absolute atomic E-state index is 5.24. The van der Waals surface area contributed by atoms with Crippen molar-refractivity contribution in [2.45, 2.75) is 0 Å². The molecule has 74 valence electrons. The van der Waals surface area contributed by atoms with E-state index < -0.39 is 0 Å². The fraction of sp³-hybridized carbons (Fsp3) is 0. The molecule has 0 fully saturated rings. The molecule has 0 amide bonds. The highest BCUT2D eigenvalue weighted by atomic mass is 32.6. The third-order valence-corrected chi connectivity index (χ3v) is 7.17. The van der Waals surface area contributed by atoms with Gasteiger partial charge in [0.05, 0.1) is 0 Å². The lowest BCUT2D eigenvalue weighted by molar-refractivity contribution is 1.76. The van der Waals surface area contributed by atoms with Crippen LogP contribution in [0.3, 0.4) is 0 Å². The molecule has 0 saturated heterocycles. The second kappa shape index (κ2) is 5.47. The summed E-state index contributed by atoms with van der Waals surface area (Å²) >= 11 is 5.24. The molecular formula is C12H10P2S. The van der Waals surface area contributed by atoms with Crippen LogP contribution < -0.4 is 10.6 Å². The topological polar surface area (TPSA) is 0 Å². The van der Waals surface area contributed by atoms with Gasteiger partial charge in [0.2, 0.25) is 0 Å². The van der Waals surface area contributed by atoms with Crippen molar-refractivity contribution in [1.29, 1.82) is 0 Å². The van der Waals surface area contributed by atoms with Crippen LogP contribution in [0.1, 0.15) is 0 Å². The van der Waals surface area contributed by atoms with Gasteiger partial charge in [-0.15, -0.1) is 0 Å². The molecule has 0 saturated carbocycles. The summed E-state index contributed by atoms with van der Waals surface area (Å²) in [6.07, 6.45) is 0. The molecule has 15 heavy (non-hydrogen) atoms. The highest BCUT2D eigenvalue weighted by molar-refractivity contribution is 8.41. The molecule has 0 aliphatic heterocycles. The molecule has 2 rings (SSSR count). The molecule has 0 aliphatic carbocycles. The number of rotatable bonds is 3. The van der Waals surface area contributed by atoms with Gasteiger partial charge in [0.25, 0.3) is 0 Å². The Balaban J connectivity index is 2.38. The molecule has 0 nitrogen and oxygen atoms in total. The third-order valence-electron chi connectivity index (χ3n) is 2.08. The molecular weight excluding hydrogens is 238 g/mol. The molecule has 2 aromatic rings. The van der Waals surface area contributed by atoms with Crippen molar-refractivity contribution in [2.75, 3.05) is 0 Å². The first-order chi connectivity index (χ1) is 7.42. The summed E-state index contributed by atoms with van der Waals surface area (Å²) in [5.41, 5.74) is 0. The van der Waals surface area contributed by atoms with Gasteiger partial charge in [0.1, 0.15) is 0 Å². The van der Waals surface area contributed by atoms with E-state index in [9.17, 15) is 0 Å². The Morgan fingerprint density at radius 1 is 0.733 bits per heavy atom. The van der Waals surface area contributed by atoms with Gasteiger partial charge >= 0.3 is 0 Å². The van der Waals surface area contributed by atoms with E-state index in [1.165, 1.54) is 10.6 Å².